The number of amides is 1. The van der Waals surface area contributed by atoms with Crippen LogP contribution in [0.2, 0.25) is 0 Å². The molecule has 0 spiro atoms. The smallest absolute Gasteiger partial charge is 0.341 e. The number of ether oxygens (including phenoxy) is 2. The van der Waals surface area contributed by atoms with Gasteiger partial charge in [0, 0.05) is 15.4 Å². The Balaban J connectivity index is 1.74. The van der Waals surface area contributed by atoms with Crippen LogP contribution in [0.5, 0.6) is 5.75 Å². The summed E-state index contributed by atoms with van der Waals surface area (Å²) in [6.45, 7) is 8.25. The Kier molecular flexibility index (Phi) is 7.74. The van der Waals surface area contributed by atoms with E-state index in [1.807, 2.05) is 53.9 Å². The van der Waals surface area contributed by atoms with Crippen molar-refractivity contribution in [3.8, 4) is 16.9 Å². The van der Waals surface area contributed by atoms with E-state index in [1.54, 1.807) is 6.92 Å². The fraction of sp³-hybridized carbons (Fsp3) is 0.280. The molecule has 3 rings (SSSR count). The summed E-state index contributed by atoms with van der Waals surface area (Å²) in [5.41, 5.74) is 3.16. The van der Waals surface area contributed by atoms with E-state index in [9.17, 15) is 9.59 Å². The maximum atomic E-state index is 12.7. The van der Waals surface area contributed by atoms with Crippen LogP contribution in [0.25, 0.3) is 11.1 Å². The number of benzene rings is 2. The summed E-state index contributed by atoms with van der Waals surface area (Å²) in [6, 6.07) is 15.3. The van der Waals surface area contributed by atoms with Gasteiger partial charge in [-0.05, 0) is 47.7 Å². The van der Waals surface area contributed by atoms with Crippen LogP contribution < -0.4 is 10.1 Å². The van der Waals surface area contributed by atoms with Crippen LogP contribution >= 0.6 is 27.3 Å². The van der Waals surface area contributed by atoms with Crippen molar-refractivity contribution in [2.75, 3.05) is 18.5 Å². The lowest BCUT2D eigenvalue weighted by Gasteiger charge is -2.19. The summed E-state index contributed by atoms with van der Waals surface area (Å²) in [5.74, 6) is -0.208. The number of carbonyl (C=O) groups excluding carboxylic acids is 2. The Labute approximate surface area is 200 Å². The summed E-state index contributed by atoms with van der Waals surface area (Å²) in [6.07, 6.45) is 0. The van der Waals surface area contributed by atoms with Gasteiger partial charge in [-0.25, -0.2) is 4.79 Å². The lowest BCUT2D eigenvalue weighted by molar-refractivity contribution is -0.118. The first-order valence-corrected chi connectivity index (χ1v) is 11.9. The van der Waals surface area contributed by atoms with E-state index >= 15 is 0 Å². The van der Waals surface area contributed by atoms with Gasteiger partial charge in [0.15, 0.2) is 6.61 Å². The number of halogens is 1. The highest BCUT2D eigenvalue weighted by molar-refractivity contribution is 9.10. The van der Waals surface area contributed by atoms with E-state index in [-0.39, 0.29) is 24.5 Å². The minimum Gasteiger partial charge on any atom is -0.484 e. The monoisotopic (exact) mass is 515 g/mol. The van der Waals surface area contributed by atoms with E-state index in [1.165, 1.54) is 16.9 Å². The van der Waals surface area contributed by atoms with Gasteiger partial charge in [0.2, 0.25) is 0 Å². The number of anilines is 1. The zero-order valence-electron chi connectivity index (χ0n) is 18.5. The van der Waals surface area contributed by atoms with Crippen LogP contribution in [0.3, 0.4) is 0 Å². The normalized spacial score (nSPS) is 11.2. The number of rotatable bonds is 7. The van der Waals surface area contributed by atoms with Crippen LogP contribution in [0.4, 0.5) is 5.00 Å². The van der Waals surface area contributed by atoms with Crippen LogP contribution in [-0.4, -0.2) is 25.1 Å². The summed E-state index contributed by atoms with van der Waals surface area (Å²) >= 11 is 4.70. The molecule has 1 heterocycles. The molecule has 7 heteroatoms. The van der Waals surface area contributed by atoms with Crippen LogP contribution in [-0.2, 0) is 14.9 Å². The minimum atomic E-state index is -0.472. The molecule has 1 amide bonds. The predicted molar refractivity (Wildman–Crippen MR) is 133 cm³/mol. The molecule has 1 aromatic heterocycles. The first-order chi connectivity index (χ1) is 15.2. The molecule has 0 aliphatic heterocycles. The number of hydrogen-bond acceptors (Lipinski definition) is 5. The molecule has 32 heavy (non-hydrogen) atoms. The van der Waals surface area contributed by atoms with Crippen LogP contribution in [0, 0.1) is 0 Å². The molecule has 2 aromatic carbocycles. The second-order valence-corrected chi connectivity index (χ2v) is 9.99. The number of hydrogen-bond donors (Lipinski definition) is 1. The van der Waals surface area contributed by atoms with Gasteiger partial charge in [0.1, 0.15) is 16.3 Å². The first kappa shape index (κ1) is 24.0. The van der Waals surface area contributed by atoms with E-state index < -0.39 is 5.97 Å². The van der Waals surface area contributed by atoms with Crippen molar-refractivity contribution < 1.29 is 19.1 Å². The number of esters is 1. The van der Waals surface area contributed by atoms with Gasteiger partial charge >= 0.3 is 5.97 Å². The molecule has 0 radical (unpaired) electrons. The average Bonchev–Trinajstić information content (AvgIpc) is 3.16. The zero-order chi connectivity index (χ0) is 23.3. The van der Waals surface area contributed by atoms with Crippen LogP contribution in [0.15, 0.2) is 58.4 Å². The van der Waals surface area contributed by atoms with E-state index in [0.29, 0.717) is 16.3 Å². The van der Waals surface area contributed by atoms with E-state index in [0.717, 1.165) is 15.6 Å². The second kappa shape index (κ2) is 10.3. The molecular weight excluding hydrogens is 490 g/mol. The third-order valence-electron chi connectivity index (χ3n) is 4.77. The molecular formula is C25H26BrNO4S. The topological polar surface area (TPSA) is 64.6 Å². The van der Waals surface area contributed by atoms with Crippen molar-refractivity contribution in [3.05, 3.63) is 69.5 Å². The van der Waals surface area contributed by atoms with E-state index in [4.69, 9.17) is 9.47 Å². The van der Waals surface area contributed by atoms with Crippen molar-refractivity contribution in [1.82, 2.24) is 0 Å². The Morgan fingerprint density at radius 2 is 1.69 bits per heavy atom. The summed E-state index contributed by atoms with van der Waals surface area (Å²) in [5, 5.41) is 5.09. The molecule has 0 bridgehead atoms. The second-order valence-electron chi connectivity index (χ2n) is 8.19. The van der Waals surface area contributed by atoms with Gasteiger partial charge in [-0.1, -0.05) is 61.0 Å². The molecule has 0 aliphatic rings. The summed E-state index contributed by atoms with van der Waals surface area (Å²) in [7, 11) is 0. The zero-order valence-corrected chi connectivity index (χ0v) is 20.9. The molecule has 1 N–H and O–H groups in total. The largest absolute Gasteiger partial charge is 0.484 e. The molecule has 5 nitrogen and oxygen atoms in total. The Hall–Kier alpha value is -2.64. The molecule has 3 aromatic rings. The molecule has 0 fully saturated rings. The molecule has 0 unspecified atom stereocenters. The highest BCUT2D eigenvalue weighted by atomic mass is 79.9. The molecule has 0 aliphatic carbocycles. The molecule has 0 saturated carbocycles. The van der Waals surface area contributed by atoms with Gasteiger partial charge in [-0.2, -0.15) is 0 Å². The fourth-order valence-corrected chi connectivity index (χ4v) is 4.30. The van der Waals surface area contributed by atoms with Gasteiger partial charge < -0.3 is 14.8 Å². The first-order valence-electron chi connectivity index (χ1n) is 10.3. The predicted octanol–water partition coefficient (Wildman–Crippen LogP) is 6.67. The molecule has 0 atom stereocenters. The number of carbonyl (C=O) groups is 2. The Morgan fingerprint density at radius 3 is 2.28 bits per heavy atom. The minimum absolute atomic E-state index is 0.0467. The van der Waals surface area contributed by atoms with Crippen LogP contribution in [0.1, 0.15) is 43.6 Å². The Morgan fingerprint density at radius 1 is 1.03 bits per heavy atom. The maximum absolute atomic E-state index is 12.7. The van der Waals surface area contributed by atoms with E-state index in [2.05, 4.69) is 42.0 Å². The highest BCUT2D eigenvalue weighted by Gasteiger charge is 2.23. The number of thiophene rings is 1. The lowest BCUT2D eigenvalue weighted by atomic mass is 9.87. The van der Waals surface area contributed by atoms with Gasteiger partial charge in [-0.15, -0.1) is 11.3 Å². The SMILES string of the molecule is CCOC(=O)c1c(-c2ccc(Br)cc2)csc1NC(=O)COc1ccc(C(C)(C)C)cc1. The Bertz CT molecular complexity index is 1080. The van der Waals surface area contributed by atoms with Crippen molar-refractivity contribution in [3.63, 3.8) is 0 Å². The summed E-state index contributed by atoms with van der Waals surface area (Å²) in [4.78, 5) is 25.2. The van der Waals surface area contributed by atoms with Gasteiger partial charge in [0.05, 0.1) is 6.61 Å². The maximum Gasteiger partial charge on any atom is 0.341 e. The fourth-order valence-electron chi connectivity index (χ4n) is 3.06. The summed E-state index contributed by atoms with van der Waals surface area (Å²) < 4.78 is 11.8. The van der Waals surface area contributed by atoms with Crippen molar-refractivity contribution >= 4 is 44.1 Å². The molecule has 0 saturated heterocycles. The third kappa shape index (κ3) is 5.99. The quantitative estimate of drug-likeness (QED) is 0.357. The molecule has 168 valence electrons. The van der Waals surface area contributed by atoms with Gasteiger partial charge in [-0.3, -0.25) is 4.79 Å². The van der Waals surface area contributed by atoms with Crippen molar-refractivity contribution in [2.45, 2.75) is 33.1 Å². The van der Waals surface area contributed by atoms with Gasteiger partial charge in [0.25, 0.3) is 5.91 Å². The standard InChI is InChI=1S/C25H26BrNO4S/c1-5-30-24(29)22-20(16-6-10-18(26)11-7-16)15-32-23(22)27-21(28)14-31-19-12-8-17(9-13-19)25(2,3)4/h6-13,15H,5,14H2,1-4H3,(H,27,28). The highest BCUT2D eigenvalue weighted by Crippen LogP contribution is 2.36. The number of nitrogens with one attached hydrogen (secondary N) is 1. The lowest BCUT2D eigenvalue weighted by Crippen LogP contribution is -2.21. The third-order valence-corrected chi connectivity index (χ3v) is 6.19. The van der Waals surface area contributed by atoms with Crippen molar-refractivity contribution in [1.29, 1.82) is 0 Å². The average molecular weight is 516 g/mol. The van der Waals surface area contributed by atoms with Crippen molar-refractivity contribution in [2.24, 2.45) is 0 Å².